The van der Waals surface area contributed by atoms with Crippen molar-refractivity contribution in [3.05, 3.63) is 29.3 Å². The topological polar surface area (TPSA) is 53.5 Å². The molecule has 94 valence electrons. The fraction of sp³-hybridized carbons (Fsp3) is 0.538. The summed E-state index contributed by atoms with van der Waals surface area (Å²) in [6, 6.07) is 6.23. The first-order valence-corrected chi connectivity index (χ1v) is 6.17. The molecule has 0 radical (unpaired) electrons. The number of fused-ring (bicyclic) bond motifs is 1. The lowest BCUT2D eigenvalue weighted by molar-refractivity contribution is 0.281. The lowest BCUT2D eigenvalue weighted by Crippen LogP contribution is -2.21. The third-order valence-electron chi connectivity index (χ3n) is 2.89. The number of aliphatic hydroxyl groups excluding tert-OH is 1. The molecule has 0 saturated heterocycles. The fourth-order valence-corrected chi connectivity index (χ4v) is 2.02. The summed E-state index contributed by atoms with van der Waals surface area (Å²) in [5.41, 5.74) is 2.65. The van der Waals surface area contributed by atoms with Gasteiger partial charge in [0.1, 0.15) is 5.75 Å². The van der Waals surface area contributed by atoms with E-state index in [1.165, 1.54) is 11.1 Å². The highest BCUT2D eigenvalue weighted by Gasteiger charge is 2.14. The van der Waals surface area contributed by atoms with Crippen LogP contribution >= 0.6 is 0 Å². The van der Waals surface area contributed by atoms with Crippen LogP contribution in [-0.2, 0) is 13.1 Å². The monoisotopic (exact) mass is 236 g/mol. The molecule has 4 heteroatoms. The Labute approximate surface area is 102 Å². The summed E-state index contributed by atoms with van der Waals surface area (Å²) in [7, 11) is 0. The predicted octanol–water partition coefficient (Wildman–Crippen LogP) is 0.641. The summed E-state index contributed by atoms with van der Waals surface area (Å²) in [5.74, 6) is 1.01. The average molecular weight is 236 g/mol. The standard InChI is InChI=1S/C13H20N2O2/c16-7-6-14-5-2-8-17-13-4-1-3-11-9-15-10-12(11)13/h1,3-4,14-16H,2,5-10H2. The molecule has 3 N–H and O–H groups in total. The molecule has 1 aromatic carbocycles. The van der Waals surface area contributed by atoms with Gasteiger partial charge in [-0.2, -0.15) is 0 Å². The van der Waals surface area contributed by atoms with Crippen LogP contribution in [0.5, 0.6) is 5.75 Å². The van der Waals surface area contributed by atoms with Crippen molar-refractivity contribution < 1.29 is 9.84 Å². The normalized spacial score (nSPS) is 13.7. The van der Waals surface area contributed by atoms with E-state index in [-0.39, 0.29) is 6.61 Å². The molecule has 0 atom stereocenters. The molecule has 0 unspecified atom stereocenters. The van der Waals surface area contributed by atoms with Crippen molar-refractivity contribution in [3.63, 3.8) is 0 Å². The molecule has 0 saturated carbocycles. The summed E-state index contributed by atoms with van der Waals surface area (Å²) in [4.78, 5) is 0. The van der Waals surface area contributed by atoms with Crippen molar-refractivity contribution in [3.8, 4) is 5.75 Å². The number of hydrogen-bond donors (Lipinski definition) is 3. The fourth-order valence-electron chi connectivity index (χ4n) is 2.02. The molecule has 2 rings (SSSR count). The maximum absolute atomic E-state index is 8.61. The average Bonchev–Trinajstić information content (AvgIpc) is 2.82. The van der Waals surface area contributed by atoms with Crippen LogP contribution < -0.4 is 15.4 Å². The lowest BCUT2D eigenvalue weighted by atomic mass is 10.1. The van der Waals surface area contributed by atoms with E-state index >= 15 is 0 Å². The van der Waals surface area contributed by atoms with Gasteiger partial charge < -0.3 is 20.5 Å². The van der Waals surface area contributed by atoms with Crippen molar-refractivity contribution in [2.24, 2.45) is 0 Å². The van der Waals surface area contributed by atoms with Gasteiger partial charge in [0, 0.05) is 25.2 Å². The maximum Gasteiger partial charge on any atom is 0.124 e. The van der Waals surface area contributed by atoms with Crippen LogP contribution in [0.15, 0.2) is 18.2 Å². The van der Waals surface area contributed by atoms with E-state index in [0.717, 1.165) is 38.4 Å². The van der Waals surface area contributed by atoms with Crippen molar-refractivity contribution >= 4 is 0 Å². The highest BCUT2D eigenvalue weighted by molar-refractivity contribution is 5.42. The van der Waals surface area contributed by atoms with Gasteiger partial charge in [-0.3, -0.25) is 0 Å². The summed E-state index contributed by atoms with van der Waals surface area (Å²) >= 11 is 0. The van der Waals surface area contributed by atoms with Crippen molar-refractivity contribution in [1.82, 2.24) is 10.6 Å². The quantitative estimate of drug-likeness (QED) is 0.608. The molecule has 0 bridgehead atoms. The van der Waals surface area contributed by atoms with Crippen LogP contribution in [0.2, 0.25) is 0 Å². The van der Waals surface area contributed by atoms with Crippen LogP contribution in [0.4, 0.5) is 0 Å². The van der Waals surface area contributed by atoms with Gasteiger partial charge in [0.15, 0.2) is 0 Å². The molecule has 1 aliphatic heterocycles. The molecule has 0 spiro atoms. The van der Waals surface area contributed by atoms with Crippen molar-refractivity contribution in [1.29, 1.82) is 0 Å². The summed E-state index contributed by atoms with van der Waals surface area (Å²) in [5, 5.41) is 15.1. The van der Waals surface area contributed by atoms with Crippen LogP contribution in [0.3, 0.4) is 0 Å². The molecule has 0 amide bonds. The highest BCUT2D eigenvalue weighted by Crippen LogP contribution is 2.26. The van der Waals surface area contributed by atoms with E-state index < -0.39 is 0 Å². The van der Waals surface area contributed by atoms with Crippen molar-refractivity contribution in [2.75, 3.05) is 26.3 Å². The Hall–Kier alpha value is -1.10. The van der Waals surface area contributed by atoms with Gasteiger partial charge in [-0.25, -0.2) is 0 Å². The minimum atomic E-state index is 0.193. The summed E-state index contributed by atoms with van der Waals surface area (Å²) in [6.07, 6.45) is 0.955. The molecular formula is C13H20N2O2. The Morgan fingerprint density at radius 1 is 1.29 bits per heavy atom. The van der Waals surface area contributed by atoms with Gasteiger partial charge in [0.2, 0.25) is 0 Å². The number of benzene rings is 1. The maximum atomic E-state index is 8.61. The zero-order valence-corrected chi connectivity index (χ0v) is 10.0. The summed E-state index contributed by atoms with van der Waals surface area (Å²) < 4.78 is 5.79. The van der Waals surface area contributed by atoms with E-state index in [1.54, 1.807) is 0 Å². The predicted molar refractivity (Wildman–Crippen MR) is 67.1 cm³/mol. The zero-order chi connectivity index (χ0) is 11.9. The van der Waals surface area contributed by atoms with Crippen LogP contribution in [-0.4, -0.2) is 31.4 Å². The third kappa shape index (κ3) is 3.43. The molecule has 0 aromatic heterocycles. The Morgan fingerprint density at radius 3 is 3.12 bits per heavy atom. The Balaban J connectivity index is 1.74. The number of rotatable bonds is 7. The molecule has 0 fully saturated rings. The lowest BCUT2D eigenvalue weighted by Gasteiger charge is -2.10. The second-order valence-electron chi connectivity index (χ2n) is 4.17. The second kappa shape index (κ2) is 6.59. The smallest absolute Gasteiger partial charge is 0.124 e. The molecule has 1 aromatic rings. The number of aliphatic hydroxyl groups is 1. The first kappa shape index (κ1) is 12.4. The largest absolute Gasteiger partial charge is 0.493 e. The minimum Gasteiger partial charge on any atom is -0.493 e. The van der Waals surface area contributed by atoms with Crippen LogP contribution in [0.25, 0.3) is 0 Å². The molecule has 4 nitrogen and oxygen atoms in total. The van der Waals surface area contributed by atoms with E-state index in [0.29, 0.717) is 6.54 Å². The van der Waals surface area contributed by atoms with Gasteiger partial charge in [-0.15, -0.1) is 0 Å². The van der Waals surface area contributed by atoms with Gasteiger partial charge >= 0.3 is 0 Å². The molecule has 1 aliphatic rings. The number of nitrogens with one attached hydrogen (secondary N) is 2. The molecule has 17 heavy (non-hydrogen) atoms. The Bertz CT molecular complexity index is 355. The number of hydrogen-bond acceptors (Lipinski definition) is 4. The van der Waals surface area contributed by atoms with Gasteiger partial charge in [0.25, 0.3) is 0 Å². The van der Waals surface area contributed by atoms with E-state index in [4.69, 9.17) is 9.84 Å². The second-order valence-corrected chi connectivity index (χ2v) is 4.17. The molecule has 1 heterocycles. The van der Waals surface area contributed by atoms with Gasteiger partial charge in [-0.05, 0) is 24.6 Å². The third-order valence-corrected chi connectivity index (χ3v) is 2.89. The Morgan fingerprint density at radius 2 is 2.24 bits per heavy atom. The first-order chi connectivity index (χ1) is 8.42. The van der Waals surface area contributed by atoms with E-state index in [2.05, 4.69) is 16.7 Å². The van der Waals surface area contributed by atoms with Gasteiger partial charge in [0.05, 0.1) is 13.2 Å². The van der Waals surface area contributed by atoms with E-state index in [9.17, 15) is 0 Å². The minimum absolute atomic E-state index is 0.193. The van der Waals surface area contributed by atoms with Gasteiger partial charge in [-0.1, -0.05) is 12.1 Å². The summed E-state index contributed by atoms with van der Waals surface area (Å²) in [6.45, 7) is 4.31. The SMILES string of the molecule is OCCNCCCOc1cccc2c1CNC2. The van der Waals surface area contributed by atoms with E-state index in [1.807, 2.05) is 12.1 Å². The highest BCUT2D eigenvalue weighted by atomic mass is 16.5. The van der Waals surface area contributed by atoms with Crippen molar-refractivity contribution in [2.45, 2.75) is 19.5 Å². The first-order valence-electron chi connectivity index (χ1n) is 6.17. The number of ether oxygens (including phenoxy) is 1. The molecular weight excluding hydrogens is 216 g/mol. The van der Waals surface area contributed by atoms with Crippen LogP contribution in [0.1, 0.15) is 17.5 Å². The Kier molecular flexibility index (Phi) is 4.79. The zero-order valence-electron chi connectivity index (χ0n) is 10.0. The molecule has 0 aliphatic carbocycles. The van der Waals surface area contributed by atoms with Crippen LogP contribution in [0, 0.1) is 0 Å².